The maximum atomic E-state index is 14.7. The van der Waals surface area contributed by atoms with Crippen molar-refractivity contribution in [3.05, 3.63) is 12.7 Å². The lowest BCUT2D eigenvalue weighted by Crippen LogP contribution is -2.46. The Morgan fingerprint density at radius 1 is 1.11 bits per heavy atom. The van der Waals surface area contributed by atoms with E-state index in [0.717, 1.165) is 19.5 Å². The Kier molecular flexibility index (Phi) is 7.11. The number of nitrogens with two attached hydrogens (primary N) is 1. The highest BCUT2D eigenvalue weighted by Crippen LogP contribution is 2.57. The monoisotopic (exact) mass is 521 g/mol. The number of anilines is 1. The first kappa shape index (κ1) is 26.8. The first-order valence-corrected chi connectivity index (χ1v) is 13.9. The van der Waals surface area contributed by atoms with E-state index in [0.29, 0.717) is 29.5 Å². The molecule has 4 rings (SSSR count). The normalized spacial score (nSPS) is 23.9. The molecule has 0 spiro atoms. The molecule has 2 saturated heterocycles. The third-order valence-corrected chi connectivity index (χ3v) is 8.35. The summed E-state index contributed by atoms with van der Waals surface area (Å²) in [6.07, 6.45) is 3.10. The SMILES string of the molecule is CN1CCN(C)C1=NP(=O)(OC(C)(C)C)N1C[C@@H](CC(C)(C)C)O[C@@H](n2cnc3c(N)ncnc32)C1. The summed E-state index contributed by atoms with van der Waals surface area (Å²) in [6.45, 7) is 14.5. The van der Waals surface area contributed by atoms with Crippen LogP contribution in [0.25, 0.3) is 11.2 Å². The van der Waals surface area contributed by atoms with Gasteiger partial charge in [0.2, 0.25) is 5.96 Å². The number of nitrogens with zero attached hydrogens (tertiary/aromatic N) is 8. The van der Waals surface area contributed by atoms with E-state index in [1.807, 2.05) is 53.9 Å². The van der Waals surface area contributed by atoms with Gasteiger partial charge in [0.05, 0.1) is 24.6 Å². The molecular weight excluding hydrogens is 481 g/mol. The van der Waals surface area contributed by atoms with Gasteiger partial charge in [-0.3, -0.25) is 9.09 Å². The van der Waals surface area contributed by atoms with Crippen molar-refractivity contribution in [2.75, 3.05) is 46.0 Å². The van der Waals surface area contributed by atoms with Crippen molar-refractivity contribution in [2.24, 2.45) is 10.2 Å². The van der Waals surface area contributed by atoms with Crippen molar-refractivity contribution >= 4 is 30.6 Å². The second kappa shape index (κ2) is 9.55. The van der Waals surface area contributed by atoms with Crippen LogP contribution < -0.4 is 5.73 Å². The van der Waals surface area contributed by atoms with Gasteiger partial charge >= 0.3 is 7.67 Å². The fourth-order valence-electron chi connectivity index (χ4n) is 4.59. The van der Waals surface area contributed by atoms with Crippen molar-refractivity contribution in [3.8, 4) is 0 Å². The molecule has 13 heteroatoms. The van der Waals surface area contributed by atoms with Crippen molar-refractivity contribution in [1.82, 2.24) is 34.0 Å². The average molecular weight is 522 g/mol. The third-order valence-electron chi connectivity index (χ3n) is 6.09. The van der Waals surface area contributed by atoms with Crippen molar-refractivity contribution in [1.29, 1.82) is 0 Å². The van der Waals surface area contributed by atoms with Gasteiger partial charge in [-0.2, -0.15) is 4.76 Å². The fourth-order valence-corrected chi connectivity index (χ4v) is 6.85. The lowest BCUT2D eigenvalue weighted by molar-refractivity contribution is -0.115. The highest BCUT2D eigenvalue weighted by molar-refractivity contribution is 7.55. The largest absolute Gasteiger partial charge is 0.393 e. The molecule has 12 nitrogen and oxygen atoms in total. The average Bonchev–Trinajstić information content (AvgIpc) is 3.31. The summed E-state index contributed by atoms with van der Waals surface area (Å²) >= 11 is 0. The molecule has 2 aliphatic rings. The number of imidazole rings is 1. The summed E-state index contributed by atoms with van der Waals surface area (Å²) in [7, 11) is 0.223. The fraction of sp³-hybridized carbons (Fsp3) is 0.739. The summed E-state index contributed by atoms with van der Waals surface area (Å²) in [5.74, 6) is 0.963. The summed E-state index contributed by atoms with van der Waals surface area (Å²) in [5.41, 5.74) is 6.42. The van der Waals surface area contributed by atoms with Crippen LogP contribution in [0.5, 0.6) is 0 Å². The van der Waals surface area contributed by atoms with Crippen LogP contribution >= 0.6 is 7.67 Å². The summed E-state index contributed by atoms with van der Waals surface area (Å²) in [4.78, 5) is 16.9. The summed E-state index contributed by atoms with van der Waals surface area (Å²) < 4.78 is 36.0. The van der Waals surface area contributed by atoms with Crippen molar-refractivity contribution in [2.45, 2.75) is 65.9 Å². The van der Waals surface area contributed by atoms with E-state index < -0.39 is 19.5 Å². The molecule has 2 aliphatic heterocycles. The number of likely N-dealkylation sites (N-methyl/N-ethyl adjacent to an activating group) is 2. The first-order valence-electron chi connectivity index (χ1n) is 12.3. The molecule has 0 bridgehead atoms. The van der Waals surface area contributed by atoms with E-state index in [1.54, 1.807) is 6.33 Å². The number of guanidine groups is 1. The zero-order valence-corrected chi connectivity index (χ0v) is 23.6. The van der Waals surface area contributed by atoms with E-state index in [2.05, 4.69) is 35.7 Å². The quantitative estimate of drug-likeness (QED) is 0.586. The zero-order valence-electron chi connectivity index (χ0n) is 22.7. The number of nitrogen functional groups attached to an aromatic ring is 1. The number of hydrogen-bond acceptors (Lipinski definition) is 7. The summed E-state index contributed by atoms with van der Waals surface area (Å²) in [6, 6.07) is 0. The van der Waals surface area contributed by atoms with Crippen LogP contribution in [-0.2, 0) is 13.8 Å². The van der Waals surface area contributed by atoms with Gasteiger partial charge in [-0.1, -0.05) is 20.8 Å². The minimum Gasteiger partial charge on any atom is -0.382 e. The van der Waals surface area contributed by atoms with E-state index in [9.17, 15) is 4.57 Å². The molecular formula is C23H40N9O3P. The lowest BCUT2D eigenvalue weighted by Gasteiger charge is -2.43. The molecule has 4 heterocycles. The van der Waals surface area contributed by atoms with Gasteiger partial charge < -0.3 is 20.3 Å². The molecule has 0 radical (unpaired) electrons. The third kappa shape index (κ3) is 5.82. The van der Waals surface area contributed by atoms with Crippen LogP contribution in [0.15, 0.2) is 17.4 Å². The Balaban J connectivity index is 1.77. The van der Waals surface area contributed by atoms with Crippen LogP contribution in [0.4, 0.5) is 5.82 Å². The molecule has 2 N–H and O–H groups in total. The lowest BCUT2D eigenvalue weighted by atomic mass is 9.89. The smallest absolute Gasteiger partial charge is 0.382 e. The molecule has 0 aromatic carbocycles. The molecule has 1 unspecified atom stereocenters. The highest BCUT2D eigenvalue weighted by Gasteiger charge is 2.45. The molecule has 0 aliphatic carbocycles. The van der Waals surface area contributed by atoms with Crippen molar-refractivity contribution < 1.29 is 13.8 Å². The number of fused-ring (bicyclic) bond motifs is 1. The summed E-state index contributed by atoms with van der Waals surface area (Å²) in [5, 5.41) is 0. The minimum atomic E-state index is -3.69. The molecule has 2 aromatic heterocycles. The van der Waals surface area contributed by atoms with Gasteiger partial charge in [-0.05, 0) is 32.6 Å². The maximum Gasteiger partial charge on any atom is 0.393 e. The second-order valence-electron chi connectivity index (χ2n) is 11.9. The number of hydrogen-bond donors (Lipinski definition) is 1. The van der Waals surface area contributed by atoms with Gasteiger partial charge in [0, 0.05) is 33.7 Å². The molecule has 3 atom stereocenters. The van der Waals surface area contributed by atoms with E-state index >= 15 is 0 Å². The minimum absolute atomic E-state index is 0.00547. The predicted molar refractivity (Wildman–Crippen MR) is 140 cm³/mol. The maximum absolute atomic E-state index is 14.7. The van der Waals surface area contributed by atoms with Gasteiger partial charge in [0.1, 0.15) is 18.1 Å². The van der Waals surface area contributed by atoms with Gasteiger partial charge in [0.25, 0.3) is 0 Å². The van der Waals surface area contributed by atoms with Gasteiger partial charge in [-0.15, -0.1) is 0 Å². The number of rotatable bonds is 5. The Bertz CT molecular complexity index is 1160. The number of ether oxygens (including phenoxy) is 1. The predicted octanol–water partition coefficient (Wildman–Crippen LogP) is 3.20. The molecule has 2 fully saturated rings. The van der Waals surface area contributed by atoms with E-state index in [-0.39, 0.29) is 18.1 Å². The molecule has 0 saturated carbocycles. The van der Waals surface area contributed by atoms with Crippen LogP contribution in [-0.4, -0.2) is 91.9 Å². The molecule has 200 valence electrons. The Labute approximate surface area is 213 Å². The zero-order chi connectivity index (χ0) is 26.5. The second-order valence-corrected chi connectivity index (χ2v) is 13.8. The first-order chi connectivity index (χ1) is 16.7. The Hall–Kier alpha value is -2.27. The molecule has 0 amide bonds. The standard InChI is InChI=1S/C23H40N9O3P/c1-22(2,3)11-16-12-31(13-17(34-16)32-15-27-18-19(24)25-14-26-20(18)32)36(33,35-23(4,5)6)28-21-29(7)9-10-30(21)8/h14-17H,9-13H2,1-8H3,(H2,24,25,26)/t16-,17-,36?/m1/s1. The van der Waals surface area contributed by atoms with E-state index in [1.165, 1.54) is 6.33 Å². The van der Waals surface area contributed by atoms with E-state index in [4.69, 9.17) is 19.8 Å². The molecule has 2 aromatic rings. The van der Waals surface area contributed by atoms with Gasteiger partial charge in [-0.25, -0.2) is 24.2 Å². The topological polar surface area (TPSA) is 127 Å². The Morgan fingerprint density at radius 2 is 1.78 bits per heavy atom. The van der Waals surface area contributed by atoms with Crippen molar-refractivity contribution in [3.63, 3.8) is 0 Å². The van der Waals surface area contributed by atoms with Crippen LogP contribution in [0.1, 0.15) is 54.2 Å². The van der Waals surface area contributed by atoms with Crippen LogP contribution in [0.3, 0.4) is 0 Å². The Morgan fingerprint density at radius 3 is 2.39 bits per heavy atom. The van der Waals surface area contributed by atoms with Gasteiger partial charge in [0.15, 0.2) is 11.5 Å². The van der Waals surface area contributed by atoms with Crippen LogP contribution in [0.2, 0.25) is 0 Å². The number of morpholine rings is 1. The highest BCUT2D eigenvalue weighted by atomic mass is 31.2. The number of aromatic nitrogens is 4. The molecule has 36 heavy (non-hydrogen) atoms. The van der Waals surface area contributed by atoms with Crippen LogP contribution in [0, 0.1) is 5.41 Å².